The van der Waals surface area contributed by atoms with Crippen LogP contribution in [0.1, 0.15) is 35.0 Å². The van der Waals surface area contributed by atoms with Gasteiger partial charge in [0.05, 0.1) is 21.7 Å². The van der Waals surface area contributed by atoms with Gasteiger partial charge in [0.15, 0.2) is 0 Å². The largest absolute Gasteiger partial charge is 0.388 e. The van der Waals surface area contributed by atoms with Crippen molar-refractivity contribution >= 4 is 11.3 Å². The molecule has 1 aliphatic heterocycles. The average molecular weight is 227 g/mol. The van der Waals surface area contributed by atoms with Gasteiger partial charge >= 0.3 is 0 Å². The van der Waals surface area contributed by atoms with Crippen LogP contribution in [0.4, 0.5) is 0 Å². The molecule has 84 valence electrons. The maximum Gasteiger partial charge on any atom is 0.0935 e. The maximum atomic E-state index is 9.52. The van der Waals surface area contributed by atoms with Crippen LogP contribution in [0.2, 0.25) is 0 Å². The molecule has 3 nitrogen and oxygen atoms in total. The number of aliphatic hydroxyl groups is 1. The Hall–Kier alpha value is -0.450. The number of rotatable bonds is 3. The van der Waals surface area contributed by atoms with Crippen molar-refractivity contribution in [3.63, 3.8) is 0 Å². The summed E-state index contributed by atoms with van der Waals surface area (Å²) >= 11 is 1.64. The van der Waals surface area contributed by atoms with Crippen LogP contribution in [0.5, 0.6) is 0 Å². The molecule has 2 rings (SSSR count). The second-order valence-electron chi connectivity index (χ2n) is 4.17. The van der Waals surface area contributed by atoms with Gasteiger partial charge < -0.3 is 9.84 Å². The van der Waals surface area contributed by atoms with Gasteiger partial charge in [0.1, 0.15) is 0 Å². The van der Waals surface area contributed by atoms with Crippen molar-refractivity contribution in [2.75, 3.05) is 13.2 Å². The normalized spacial score (nSPS) is 23.3. The molecule has 0 saturated carbocycles. The van der Waals surface area contributed by atoms with Gasteiger partial charge in [-0.2, -0.15) is 0 Å². The first-order valence-electron chi connectivity index (χ1n) is 5.39. The fourth-order valence-corrected chi connectivity index (χ4v) is 3.05. The minimum Gasteiger partial charge on any atom is -0.388 e. The number of nitrogens with zero attached hydrogens (tertiary/aromatic N) is 1. The highest BCUT2D eigenvalue weighted by molar-refractivity contribution is 7.11. The fraction of sp³-hybridized carbons (Fsp3) is 0.727. The number of ether oxygens (including phenoxy) is 1. The highest BCUT2D eigenvalue weighted by Gasteiger charge is 2.19. The van der Waals surface area contributed by atoms with Crippen LogP contribution in [0.15, 0.2) is 0 Å². The molecule has 1 fully saturated rings. The number of aryl methyl sites for hydroxylation is 1. The summed E-state index contributed by atoms with van der Waals surface area (Å²) in [7, 11) is 0. The molecule has 15 heavy (non-hydrogen) atoms. The third kappa shape index (κ3) is 2.56. The van der Waals surface area contributed by atoms with Crippen molar-refractivity contribution in [1.82, 2.24) is 4.98 Å². The lowest BCUT2D eigenvalue weighted by Crippen LogP contribution is -2.02. The van der Waals surface area contributed by atoms with E-state index in [9.17, 15) is 5.11 Å². The Labute approximate surface area is 94.1 Å². The molecule has 0 bridgehead atoms. The van der Waals surface area contributed by atoms with Gasteiger partial charge in [0.25, 0.3) is 0 Å². The van der Waals surface area contributed by atoms with Crippen molar-refractivity contribution in [2.24, 2.45) is 5.92 Å². The Balaban J connectivity index is 2.05. The number of thiazole rings is 1. The molecular weight excluding hydrogens is 210 g/mol. The molecule has 1 aromatic heterocycles. The van der Waals surface area contributed by atoms with E-state index in [2.05, 4.69) is 4.98 Å². The van der Waals surface area contributed by atoms with Crippen molar-refractivity contribution in [2.45, 2.75) is 32.8 Å². The lowest BCUT2D eigenvalue weighted by atomic mass is 10.1. The molecule has 4 heteroatoms. The number of aromatic nitrogens is 1. The molecule has 0 radical (unpaired) electrons. The molecule has 2 unspecified atom stereocenters. The Morgan fingerprint density at radius 3 is 3.00 bits per heavy atom. The monoisotopic (exact) mass is 227 g/mol. The lowest BCUT2D eigenvalue weighted by molar-refractivity contribution is 0.186. The van der Waals surface area contributed by atoms with E-state index in [1.807, 2.05) is 6.92 Å². The van der Waals surface area contributed by atoms with Gasteiger partial charge in [-0.15, -0.1) is 11.3 Å². The van der Waals surface area contributed by atoms with Crippen LogP contribution < -0.4 is 0 Å². The smallest absolute Gasteiger partial charge is 0.0935 e. The fourth-order valence-electron chi connectivity index (χ4n) is 1.93. The molecular formula is C11H17NO2S. The average Bonchev–Trinajstić information content (AvgIpc) is 2.75. The molecule has 1 aromatic rings. The number of aliphatic hydroxyl groups excluding tert-OH is 1. The standard InChI is InChI=1S/C11H17NO2S/c1-7-11(8(2)13)15-10(12-7)5-9-3-4-14-6-9/h8-9,13H,3-6H2,1-2H3. The zero-order chi connectivity index (χ0) is 10.8. The zero-order valence-corrected chi connectivity index (χ0v) is 10.0. The van der Waals surface area contributed by atoms with E-state index in [4.69, 9.17) is 4.74 Å². The van der Waals surface area contributed by atoms with Crippen molar-refractivity contribution in [3.05, 3.63) is 15.6 Å². The van der Waals surface area contributed by atoms with Gasteiger partial charge in [-0.1, -0.05) is 0 Å². The molecule has 0 aliphatic carbocycles. The highest BCUT2D eigenvalue weighted by atomic mass is 32.1. The second kappa shape index (κ2) is 4.60. The first kappa shape index (κ1) is 11.0. The summed E-state index contributed by atoms with van der Waals surface area (Å²) in [6.45, 7) is 5.51. The van der Waals surface area contributed by atoms with Gasteiger partial charge in [-0.25, -0.2) is 4.98 Å². The Morgan fingerprint density at radius 2 is 2.47 bits per heavy atom. The molecule has 1 aliphatic rings. The zero-order valence-electron chi connectivity index (χ0n) is 9.19. The summed E-state index contributed by atoms with van der Waals surface area (Å²) in [5.41, 5.74) is 0.976. The molecule has 0 aromatic carbocycles. The molecule has 2 heterocycles. The van der Waals surface area contributed by atoms with Crippen molar-refractivity contribution < 1.29 is 9.84 Å². The summed E-state index contributed by atoms with van der Waals surface area (Å²) in [4.78, 5) is 5.50. The Morgan fingerprint density at radius 1 is 1.67 bits per heavy atom. The first-order valence-corrected chi connectivity index (χ1v) is 6.20. The van der Waals surface area contributed by atoms with Crippen LogP contribution in [-0.2, 0) is 11.2 Å². The second-order valence-corrected chi connectivity index (χ2v) is 5.28. The topological polar surface area (TPSA) is 42.4 Å². The SMILES string of the molecule is Cc1nc(CC2CCOC2)sc1C(C)O. The summed E-state index contributed by atoms with van der Waals surface area (Å²) in [5, 5.41) is 10.7. The van der Waals surface area contributed by atoms with Crippen molar-refractivity contribution in [1.29, 1.82) is 0 Å². The third-order valence-corrected chi connectivity index (χ3v) is 4.09. The van der Waals surface area contributed by atoms with E-state index in [0.717, 1.165) is 41.6 Å². The van der Waals surface area contributed by atoms with Crippen molar-refractivity contribution in [3.8, 4) is 0 Å². The quantitative estimate of drug-likeness (QED) is 0.859. The van der Waals surface area contributed by atoms with Gasteiger partial charge in [-0.3, -0.25) is 0 Å². The molecule has 1 N–H and O–H groups in total. The van der Waals surface area contributed by atoms with Crippen LogP contribution in [-0.4, -0.2) is 23.3 Å². The summed E-state index contributed by atoms with van der Waals surface area (Å²) < 4.78 is 5.34. The molecule has 2 atom stereocenters. The first-order chi connectivity index (χ1) is 7.16. The minimum absolute atomic E-state index is 0.393. The van der Waals surface area contributed by atoms with E-state index < -0.39 is 6.10 Å². The van der Waals surface area contributed by atoms with Crippen LogP contribution in [0.3, 0.4) is 0 Å². The predicted molar refractivity (Wildman–Crippen MR) is 60.1 cm³/mol. The van der Waals surface area contributed by atoms with Crippen LogP contribution in [0, 0.1) is 12.8 Å². The molecule has 1 saturated heterocycles. The number of hydrogen-bond acceptors (Lipinski definition) is 4. The van der Waals surface area contributed by atoms with E-state index in [1.54, 1.807) is 18.3 Å². The Kier molecular flexibility index (Phi) is 3.38. The maximum absolute atomic E-state index is 9.52. The lowest BCUT2D eigenvalue weighted by Gasteiger charge is -2.02. The Bertz CT molecular complexity index is 329. The predicted octanol–water partition coefficient (Wildman–Crippen LogP) is 2.08. The summed E-state index contributed by atoms with van der Waals surface area (Å²) in [6.07, 6.45) is 1.75. The van der Waals surface area contributed by atoms with Gasteiger partial charge in [-0.05, 0) is 26.2 Å². The van der Waals surface area contributed by atoms with E-state index >= 15 is 0 Å². The highest BCUT2D eigenvalue weighted by Crippen LogP contribution is 2.27. The van der Waals surface area contributed by atoms with Crippen LogP contribution in [0.25, 0.3) is 0 Å². The van der Waals surface area contributed by atoms with Gasteiger partial charge in [0, 0.05) is 19.6 Å². The third-order valence-electron chi connectivity index (χ3n) is 2.74. The molecule has 0 spiro atoms. The van der Waals surface area contributed by atoms with E-state index in [0.29, 0.717) is 5.92 Å². The number of hydrogen-bond donors (Lipinski definition) is 1. The van der Waals surface area contributed by atoms with E-state index in [-0.39, 0.29) is 0 Å². The summed E-state index contributed by atoms with van der Waals surface area (Å²) in [6, 6.07) is 0. The van der Waals surface area contributed by atoms with Gasteiger partial charge in [0.2, 0.25) is 0 Å². The molecule has 0 amide bonds. The van der Waals surface area contributed by atoms with E-state index in [1.165, 1.54) is 0 Å². The minimum atomic E-state index is -0.393. The summed E-state index contributed by atoms with van der Waals surface area (Å²) in [5.74, 6) is 0.623. The van der Waals surface area contributed by atoms with Crippen LogP contribution >= 0.6 is 11.3 Å².